The van der Waals surface area contributed by atoms with Crippen molar-refractivity contribution in [3.63, 3.8) is 0 Å². The number of hydrogen-bond acceptors (Lipinski definition) is 11. The van der Waals surface area contributed by atoms with Gasteiger partial charge in [-0.3, -0.25) is 9.59 Å². The summed E-state index contributed by atoms with van der Waals surface area (Å²) in [6, 6.07) is 23.8. The van der Waals surface area contributed by atoms with Crippen LogP contribution in [0.15, 0.2) is 115 Å². The van der Waals surface area contributed by atoms with Crippen molar-refractivity contribution in [2.45, 2.75) is 134 Å². The highest BCUT2D eigenvalue weighted by Crippen LogP contribution is 2.46. The summed E-state index contributed by atoms with van der Waals surface area (Å²) < 4.78 is 5.63. The number of benzene rings is 4. The molecule has 9 bridgehead atoms. The third-order valence-corrected chi connectivity index (χ3v) is 17.9. The van der Waals surface area contributed by atoms with Gasteiger partial charge in [0.25, 0.3) is 0 Å². The summed E-state index contributed by atoms with van der Waals surface area (Å²) in [7, 11) is 1.50. The first kappa shape index (κ1) is 55.7. The Morgan fingerprint density at radius 3 is 2.46 bits per heavy atom. The Labute approximate surface area is 465 Å². The first-order valence-electron chi connectivity index (χ1n) is 29.0. The third kappa shape index (κ3) is 12.7. The molecule has 12 atom stereocenters. The molecule has 3 aliphatic carbocycles. The van der Waals surface area contributed by atoms with Crippen LogP contribution in [0.1, 0.15) is 135 Å². The number of H-pyrrole nitrogens is 1. The average molecular weight is 1070 g/mol. The lowest BCUT2D eigenvalue weighted by atomic mass is 9.73. The van der Waals surface area contributed by atoms with Crippen LogP contribution in [0.3, 0.4) is 0 Å². The van der Waals surface area contributed by atoms with Crippen molar-refractivity contribution >= 4 is 28.0 Å². The van der Waals surface area contributed by atoms with Gasteiger partial charge in [-0.05, 0) is 162 Å². The first-order valence-corrected chi connectivity index (χ1v) is 29.0. The number of fused-ring (bicyclic) bond motifs is 9. The van der Waals surface area contributed by atoms with E-state index in [0.29, 0.717) is 75.0 Å². The number of hydrogen-bond donors (Lipinski definition) is 9. The van der Waals surface area contributed by atoms with Crippen LogP contribution in [0, 0.1) is 47.3 Å². The number of aliphatic hydroxyl groups excluding tert-OH is 3. The van der Waals surface area contributed by atoms with Crippen LogP contribution in [0.2, 0.25) is 0 Å². The van der Waals surface area contributed by atoms with E-state index in [9.17, 15) is 30.3 Å². The fraction of sp³-hybridized carbons (Fsp3) is 0.463. The van der Waals surface area contributed by atoms with E-state index in [2.05, 4.69) is 102 Å². The second-order valence-electron chi connectivity index (χ2n) is 23.7. The number of allylic oxidation sites excluding steroid dienone is 4. The van der Waals surface area contributed by atoms with Crippen LogP contribution >= 0.6 is 0 Å². The van der Waals surface area contributed by atoms with E-state index in [1.54, 1.807) is 12.1 Å². The van der Waals surface area contributed by atoms with Gasteiger partial charge in [-0.2, -0.15) is 0 Å². The Morgan fingerprint density at radius 1 is 0.823 bits per heavy atom. The lowest BCUT2D eigenvalue weighted by Crippen LogP contribution is -2.40. The van der Waals surface area contributed by atoms with Crippen LogP contribution < -0.4 is 20.7 Å². The van der Waals surface area contributed by atoms with Gasteiger partial charge in [-0.25, -0.2) is 0 Å². The molecule has 2 aliphatic heterocycles. The molecule has 4 aromatic carbocycles. The molecule has 1 aromatic heterocycles. The monoisotopic (exact) mass is 1070 g/mol. The summed E-state index contributed by atoms with van der Waals surface area (Å²) in [4.78, 5) is 33.0. The van der Waals surface area contributed by atoms with E-state index in [-0.39, 0.29) is 66.1 Å². The topological polar surface area (TPSA) is 196 Å². The summed E-state index contributed by atoms with van der Waals surface area (Å²) in [5.74, 6) is 6.13. The molecule has 9 N–H and O–H groups in total. The molecule has 10 rings (SSSR count). The number of Topliss-reactive ketones (excluding diaryl/α,β-unsaturated/α-hetero) is 2. The standard InChI is InChI=1S/C67H80N4O8/c1-5-9-54-48-27-42(25-41-22-23-69-64(28-41)71-50-19-16-43-14-15-47(65(76)59(43)33-50)30-52(72)38-68-36-40(3)49-29-51(70-37-49)34-61(54)74)26-45-17-20-56(55-13-7-6-12-53(55)44-11-8-10-39(2)24-44)57-35-62(75)63(79-4)32-46(57)18-21-60(73)67(78)66(77)58(45)31-48/h6-8,11-16,19,22,28-29,32-33,35,37,39-40,42,44-45,48,52,54,56,58,61,67-72,74-76,78H,5,9-10,18,21,23-27,30-31,34,36,38H2,1-4H3. The van der Waals surface area contributed by atoms with E-state index >= 15 is 4.79 Å². The number of aryl methyl sites for hydroxylation is 1. The second kappa shape index (κ2) is 24.8. The summed E-state index contributed by atoms with van der Waals surface area (Å²) in [6.45, 7) is 8.07. The molecule has 5 aromatic rings. The van der Waals surface area contributed by atoms with Crippen LogP contribution in [0.5, 0.6) is 17.2 Å². The van der Waals surface area contributed by atoms with Crippen LogP contribution in [0.25, 0.3) is 10.8 Å². The fourth-order valence-electron chi connectivity index (χ4n) is 13.7. The minimum Gasteiger partial charge on any atom is -0.507 e. The number of rotatable bonds is 5. The van der Waals surface area contributed by atoms with Gasteiger partial charge in [0.05, 0.1) is 25.2 Å². The normalized spacial score (nSPS) is 29.1. The molecular weight excluding hydrogens is 989 g/mol. The van der Waals surface area contributed by atoms with Crippen molar-refractivity contribution in [3.05, 3.63) is 154 Å². The predicted octanol–water partition coefficient (Wildman–Crippen LogP) is 10.4. The number of phenolic OH excluding ortho intramolecular Hbond substituents is 2. The van der Waals surface area contributed by atoms with Crippen LogP contribution in [-0.2, 0) is 28.9 Å². The number of β-amino-alcohol motifs (C(OH)–C–C–N with tert-alkyl or cyclic N) is 1. The van der Waals surface area contributed by atoms with Gasteiger partial charge >= 0.3 is 0 Å². The van der Waals surface area contributed by atoms with Crippen molar-refractivity contribution in [1.82, 2.24) is 15.6 Å². The minimum absolute atomic E-state index is 0.0113. The number of anilines is 1. The molecule has 12 heteroatoms. The number of ketones is 2. The number of aliphatic hydroxyl groups is 3. The quantitative estimate of drug-likeness (QED) is 0.0462. The summed E-state index contributed by atoms with van der Waals surface area (Å²) >= 11 is 0. The molecule has 12 unspecified atom stereocenters. The maximum Gasteiger partial charge on any atom is 0.173 e. The lowest BCUT2D eigenvalue weighted by molar-refractivity contribution is -0.142. The van der Waals surface area contributed by atoms with Gasteiger partial charge < -0.3 is 51.2 Å². The number of carbonyl (C=O) groups is 2. The Bertz CT molecular complexity index is 3180. The molecule has 0 saturated heterocycles. The molecule has 0 spiro atoms. The molecule has 0 radical (unpaired) electrons. The molecule has 3 heterocycles. The molecule has 1 saturated carbocycles. The Balaban J connectivity index is 1.09. The summed E-state index contributed by atoms with van der Waals surface area (Å²) in [5, 5.41) is 70.9. The minimum atomic E-state index is -1.85. The van der Waals surface area contributed by atoms with E-state index in [0.717, 1.165) is 75.2 Å². The molecule has 5 aliphatic rings. The van der Waals surface area contributed by atoms with Crippen molar-refractivity contribution in [1.29, 1.82) is 0 Å². The Hall–Kier alpha value is -6.62. The first-order chi connectivity index (χ1) is 38.2. The zero-order valence-electron chi connectivity index (χ0n) is 46.3. The van der Waals surface area contributed by atoms with Gasteiger partial charge in [-0.15, -0.1) is 0 Å². The highest BCUT2D eigenvalue weighted by atomic mass is 16.5. The highest BCUT2D eigenvalue weighted by Gasteiger charge is 2.44. The van der Waals surface area contributed by atoms with E-state index in [4.69, 9.17) is 4.74 Å². The predicted molar refractivity (Wildman–Crippen MR) is 311 cm³/mol. The maximum absolute atomic E-state index is 15.2. The van der Waals surface area contributed by atoms with Gasteiger partial charge in [0.1, 0.15) is 11.6 Å². The van der Waals surface area contributed by atoms with Gasteiger partial charge in [-0.1, -0.05) is 99.7 Å². The van der Waals surface area contributed by atoms with Gasteiger partial charge in [0.2, 0.25) is 0 Å². The molecule has 79 heavy (non-hydrogen) atoms. The van der Waals surface area contributed by atoms with Crippen LogP contribution in [0.4, 0.5) is 5.69 Å². The van der Waals surface area contributed by atoms with Crippen molar-refractivity contribution < 1.29 is 39.9 Å². The smallest absolute Gasteiger partial charge is 0.173 e. The number of aromatic hydroxyl groups is 2. The number of phenols is 2. The van der Waals surface area contributed by atoms with Crippen molar-refractivity contribution in [2.24, 2.45) is 35.5 Å². The van der Waals surface area contributed by atoms with Crippen LogP contribution in [-0.4, -0.2) is 87.1 Å². The molecule has 0 amide bonds. The molecule has 416 valence electrons. The third-order valence-electron chi connectivity index (χ3n) is 17.9. The molecule has 12 nitrogen and oxygen atoms in total. The number of nitrogens with one attached hydrogen (secondary N) is 4. The number of methoxy groups -OCH3 is 1. The number of aromatic nitrogens is 1. The Morgan fingerprint density at radius 2 is 1.65 bits per heavy atom. The van der Waals surface area contributed by atoms with Gasteiger partial charge in [0.15, 0.2) is 29.2 Å². The zero-order valence-corrected chi connectivity index (χ0v) is 46.3. The number of dihydropyridines is 1. The average Bonchev–Trinajstić information content (AvgIpc) is 3.97. The lowest BCUT2D eigenvalue weighted by Gasteiger charge is -2.33. The maximum atomic E-state index is 15.2. The molecular formula is C67H80N4O8. The summed E-state index contributed by atoms with van der Waals surface area (Å²) in [6.07, 6.45) is 14.1. The number of ether oxygens (including phenoxy) is 1. The highest BCUT2D eigenvalue weighted by molar-refractivity contribution is 6.06. The SMILES string of the molecule is CCCC1C(O)Cc2cc(c[nH]2)C(C)CNCC(O)Cc2ccc3ccc(cc3c2O)NC2=CC(=CCN2)CC2CC3C#CC(c4ccccc4C4C=CCC(C)C4)c4cc(O)c(OC)cc4CCC(=O)C(O)C(=O)C3CC1C2. The second-order valence-corrected chi connectivity index (χ2v) is 23.7. The van der Waals surface area contributed by atoms with E-state index < -0.39 is 47.6 Å². The number of aromatic amines is 1. The number of carbonyl (C=O) groups excluding carboxylic acids is 2. The van der Waals surface area contributed by atoms with Gasteiger partial charge in [0, 0.05) is 79.6 Å². The van der Waals surface area contributed by atoms with E-state index in [1.807, 2.05) is 42.6 Å². The van der Waals surface area contributed by atoms with Crippen molar-refractivity contribution in [2.75, 3.05) is 32.1 Å². The Kier molecular flexibility index (Phi) is 17.5. The van der Waals surface area contributed by atoms with Crippen molar-refractivity contribution in [3.8, 4) is 29.1 Å². The molecule has 1 fully saturated rings. The largest absolute Gasteiger partial charge is 0.507 e. The summed E-state index contributed by atoms with van der Waals surface area (Å²) in [5.41, 5.74) is 8.23. The zero-order chi connectivity index (χ0) is 55.3. The fourth-order valence-corrected chi connectivity index (χ4v) is 13.7. The van der Waals surface area contributed by atoms with E-state index in [1.165, 1.54) is 7.11 Å².